The molecule has 0 radical (unpaired) electrons. The third-order valence-electron chi connectivity index (χ3n) is 3.45. The number of halogens is 1. The van der Waals surface area contributed by atoms with E-state index in [4.69, 9.17) is 0 Å². The summed E-state index contributed by atoms with van der Waals surface area (Å²) >= 11 is 0. The molecule has 1 aromatic carbocycles. The highest BCUT2D eigenvalue weighted by Gasteiger charge is 2.26. The van der Waals surface area contributed by atoms with Crippen LogP contribution in [0.5, 0.6) is 0 Å². The monoisotopic (exact) mass is 314 g/mol. The molecule has 0 aromatic heterocycles. The number of rotatable bonds is 6. The lowest BCUT2D eigenvalue weighted by Gasteiger charge is -2.23. The number of carbonyl (C=O) groups is 1. The summed E-state index contributed by atoms with van der Waals surface area (Å²) in [7, 11) is -3.61. The Morgan fingerprint density at radius 2 is 2.19 bits per heavy atom. The molecule has 1 aromatic rings. The van der Waals surface area contributed by atoms with Crippen LogP contribution in [-0.2, 0) is 16.4 Å². The van der Waals surface area contributed by atoms with Crippen LogP contribution in [0.15, 0.2) is 23.1 Å². The quantitative estimate of drug-likeness (QED) is 0.779. The first kappa shape index (κ1) is 15.9. The summed E-state index contributed by atoms with van der Waals surface area (Å²) in [5.41, 5.74) is 0.979. The Hall–Kier alpha value is -1.47. The molecular formula is C14H19FN2O3S. The summed E-state index contributed by atoms with van der Waals surface area (Å²) in [4.78, 5) is 12.0. The molecule has 0 bridgehead atoms. The van der Waals surface area contributed by atoms with E-state index in [0.717, 1.165) is 12.8 Å². The predicted molar refractivity (Wildman–Crippen MR) is 77.5 cm³/mol. The van der Waals surface area contributed by atoms with Crippen LogP contribution < -0.4 is 10.0 Å². The van der Waals surface area contributed by atoms with Gasteiger partial charge in [0.05, 0.1) is 10.9 Å². The van der Waals surface area contributed by atoms with Crippen LogP contribution in [0.1, 0.15) is 35.7 Å². The first-order chi connectivity index (χ1) is 9.97. The van der Waals surface area contributed by atoms with E-state index in [-0.39, 0.29) is 4.90 Å². The van der Waals surface area contributed by atoms with Gasteiger partial charge < -0.3 is 5.32 Å². The van der Waals surface area contributed by atoms with Crippen molar-refractivity contribution in [2.24, 2.45) is 0 Å². The molecular weight excluding hydrogens is 295 g/mol. The van der Waals surface area contributed by atoms with Gasteiger partial charge in [-0.1, -0.05) is 19.4 Å². The number of nitrogens with one attached hydrogen (secondary N) is 2. The van der Waals surface area contributed by atoms with Crippen molar-refractivity contribution >= 4 is 15.9 Å². The lowest BCUT2D eigenvalue weighted by atomic mass is 9.96. The third kappa shape index (κ3) is 3.59. The van der Waals surface area contributed by atoms with E-state index >= 15 is 0 Å². The number of carbonyl (C=O) groups excluding carboxylic acids is 1. The predicted octanol–water partition coefficient (Wildman–Crippen LogP) is 1.39. The second-order valence-electron chi connectivity index (χ2n) is 5.10. The standard InChI is InChI=1S/C14H19FN2O3S/c1-2-3-6-16-21(19,20)12-5-4-10-7-11(9-15)17-14(18)13(10)8-12/h4-5,8,11,16H,2-3,6-7,9H2,1H3,(H,17,18). The van der Waals surface area contributed by atoms with E-state index in [1.807, 2.05) is 6.92 Å². The zero-order valence-electron chi connectivity index (χ0n) is 11.9. The number of fused-ring (bicyclic) bond motifs is 1. The Morgan fingerprint density at radius 1 is 1.43 bits per heavy atom. The molecule has 2 N–H and O–H groups in total. The Bertz CT molecular complexity index is 631. The zero-order valence-corrected chi connectivity index (χ0v) is 12.7. The molecule has 0 saturated heterocycles. The van der Waals surface area contributed by atoms with Gasteiger partial charge in [0, 0.05) is 12.1 Å². The average Bonchev–Trinajstić information content (AvgIpc) is 2.46. The number of unbranched alkanes of at least 4 members (excludes halogenated alkanes) is 1. The smallest absolute Gasteiger partial charge is 0.251 e. The second-order valence-corrected chi connectivity index (χ2v) is 6.87. The van der Waals surface area contributed by atoms with Crippen LogP contribution in [0.3, 0.4) is 0 Å². The largest absolute Gasteiger partial charge is 0.346 e. The van der Waals surface area contributed by atoms with Crippen molar-refractivity contribution < 1.29 is 17.6 Å². The van der Waals surface area contributed by atoms with E-state index < -0.39 is 28.6 Å². The molecule has 1 atom stereocenters. The molecule has 5 nitrogen and oxygen atoms in total. The molecule has 0 spiro atoms. The summed E-state index contributed by atoms with van der Waals surface area (Å²) in [5.74, 6) is -0.426. The highest BCUT2D eigenvalue weighted by molar-refractivity contribution is 7.89. The molecule has 7 heteroatoms. The minimum atomic E-state index is -3.61. The van der Waals surface area contributed by atoms with Crippen molar-refractivity contribution in [3.63, 3.8) is 0 Å². The first-order valence-corrected chi connectivity index (χ1v) is 8.45. The Morgan fingerprint density at radius 3 is 2.86 bits per heavy atom. The number of hydrogen-bond acceptors (Lipinski definition) is 3. The van der Waals surface area contributed by atoms with Gasteiger partial charge in [0.2, 0.25) is 10.0 Å². The highest BCUT2D eigenvalue weighted by atomic mass is 32.2. The van der Waals surface area contributed by atoms with Gasteiger partial charge in [-0.25, -0.2) is 17.5 Å². The minimum Gasteiger partial charge on any atom is -0.346 e. The van der Waals surface area contributed by atoms with Crippen LogP contribution >= 0.6 is 0 Å². The van der Waals surface area contributed by atoms with Crippen molar-refractivity contribution in [3.05, 3.63) is 29.3 Å². The molecule has 0 aliphatic carbocycles. The van der Waals surface area contributed by atoms with Gasteiger partial charge in [0.1, 0.15) is 6.67 Å². The molecule has 1 aliphatic rings. The third-order valence-corrected chi connectivity index (χ3v) is 4.91. The van der Waals surface area contributed by atoms with Crippen molar-refractivity contribution in [3.8, 4) is 0 Å². The Labute approximate surface area is 124 Å². The summed E-state index contributed by atoms with van der Waals surface area (Å²) in [6.45, 7) is 1.70. The maximum Gasteiger partial charge on any atom is 0.251 e. The van der Waals surface area contributed by atoms with E-state index in [9.17, 15) is 17.6 Å². The maximum absolute atomic E-state index is 12.7. The Kier molecular flexibility index (Phi) is 4.95. The van der Waals surface area contributed by atoms with Gasteiger partial charge in [-0.05, 0) is 30.5 Å². The lowest BCUT2D eigenvalue weighted by Crippen LogP contribution is -2.42. The zero-order chi connectivity index (χ0) is 15.5. The van der Waals surface area contributed by atoms with Crippen LogP contribution in [0.4, 0.5) is 4.39 Å². The summed E-state index contributed by atoms with van der Waals surface area (Å²) in [6, 6.07) is 3.87. The van der Waals surface area contributed by atoms with Crippen molar-refractivity contribution in [2.45, 2.75) is 37.1 Å². The first-order valence-electron chi connectivity index (χ1n) is 6.97. The van der Waals surface area contributed by atoms with Crippen LogP contribution in [0.25, 0.3) is 0 Å². The number of alkyl halides is 1. The molecule has 0 fully saturated rings. The van der Waals surface area contributed by atoms with Gasteiger partial charge in [0.15, 0.2) is 0 Å². The van der Waals surface area contributed by atoms with Crippen molar-refractivity contribution in [1.82, 2.24) is 10.0 Å². The molecule has 1 aliphatic heterocycles. The van der Waals surface area contributed by atoms with Crippen molar-refractivity contribution in [2.75, 3.05) is 13.2 Å². The molecule has 116 valence electrons. The van der Waals surface area contributed by atoms with Gasteiger partial charge in [0.25, 0.3) is 5.91 Å². The number of sulfonamides is 1. The fourth-order valence-electron chi connectivity index (χ4n) is 2.25. The highest BCUT2D eigenvalue weighted by Crippen LogP contribution is 2.21. The minimum absolute atomic E-state index is 0.0613. The van der Waals surface area contributed by atoms with E-state index in [1.165, 1.54) is 12.1 Å². The lowest BCUT2D eigenvalue weighted by molar-refractivity contribution is 0.0917. The molecule has 1 unspecified atom stereocenters. The molecule has 21 heavy (non-hydrogen) atoms. The number of amides is 1. The maximum atomic E-state index is 12.7. The SMILES string of the molecule is CCCCNS(=O)(=O)c1ccc2c(c1)C(=O)NC(CF)C2. The van der Waals surface area contributed by atoms with E-state index in [2.05, 4.69) is 10.0 Å². The van der Waals surface area contributed by atoms with E-state index in [1.54, 1.807) is 6.07 Å². The topological polar surface area (TPSA) is 75.3 Å². The molecule has 0 saturated carbocycles. The fraction of sp³-hybridized carbons (Fsp3) is 0.500. The average molecular weight is 314 g/mol. The van der Waals surface area contributed by atoms with Gasteiger partial charge >= 0.3 is 0 Å². The van der Waals surface area contributed by atoms with Crippen molar-refractivity contribution in [1.29, 1.82) is 0 Å². The number of hydrogen-bond donors (Lipinski definition) is 2. The molecule has 2 rings (SSSR count). The normalized spacial score (nSPS) is 18.2. The van der Waals surface area contributed by atoms with Gasteiger partial charge in [-0.3, -0.25) is 4.79 Å². The second kappa shape index (κ2) is 6.53. The van der Waals surface area contributed by atoms with Crippen LogP contribution in [0.2, 0.25) is 0 Å². The fourth-order valence-corrected chi connectivity index (χ4v) is 3.35. The summed E-state index contributed by atoms with van der Waals surface area (Å²) in [6.07, 6.45) is 2.02. The molecule has 1 amide bonds. The van der Waals surface area contributed by atoms with Crippen LogP contribution in [-0.4, -0.2) is 33.6 Å². The Balaban J connectivity index is 2.25. The summed E-state index contributed by atoms with van der Waals surface area (Å²) in [5, 5.41) is 2.52. The number of benzene rings is 1. The van der Waals surface area contributed by atoms with Gasteiger partial charge in [-0.15, -0.1) is 0 Å². The molecule has 1 heterocycles. The van der Waals surface area contributed by atoms with Crippen LogP contribution in [0, 0.1) is 0 Å². The van der Waals surface area contributed by atoms with E-state index in [0.29, 0.717) is 24.1 Å². The summed E-state index contributed by atoms with van der Waals surface area (Å²) < 4.78 is 39.4. The van der Waals surface area contributed by atoms with Gasteiger partial charge in [-0.2, -0.15) is 0 Å².